The van der Waals surface area contributed by atoms with Gasteiger partial charge in [0.1, 0.15) is 5.82 Å². The molecule has 0 saturated heterocycles. The summed E-state index contributed by atoms with van der Waals surface area (Å²) in [5.74, 6) is 5.37. The summed E-state index contributed by atoms with van der Waals surface area (Å²) in [6.45, 7) is 0. The van der Waals surface area contributed by atoms with Gasteiger partial charge in [0, 0.05) is 4.47 Å². The third-order valence-corrected chi connectivity index (χ3v) is 3.59. The Bertz CT molecular complexity index is 531. The van der Waals surface area contributed by atoms with Crippen molar-refractivity contribution in [3.05, 3.63) is 69.9 Å². The molecule has 0 aromatic heterocycles. The maximum Gasteiger partial charge on any atom is 0.126 e. The molecule has 2 aromatic rings. The van der Waals surface area contributed by atoms with E-state index in [1.54, 1.807) is 12.1 Å². The van der Waals surface area contributed by atoms with Gasteiger partial charge in [0.05, 0.1) is 6.04 Å². The van der Waals surface area contributed by atoms with E-state index in [1.807, 2.05) is 30.3 Å². The van der Waals surface area contributed by atoms with Crippen molar-refractivity contribution in [2.45, 2.75) is 12.5 Å². The Morgan fingerprint density at radius 1 is 1.11 bits per heavy atom. The zero-order valence-corrected chi connectivity index (χ0v) is 11.3. The lowest BCUT2D eigenvalue weighted by Gasteiger charge is -2.18. The van der Waals surface area contributed by atoms with Gasteiger partial charge in [-0.3, -0.25) is 11.3 Å². The van der Waals surface area contributed by atoms with Gasteiger partial charge in [-0.1, -0.05) is 52.3 Å². The van der Waals surface area contributed by atoms with Crippen LogP contribution in [0.1, 0.15) is 17.2 Å². The zero-order valence-electron chi connectivity index (χ0n) is 9.74. The molecule has 2 nitrogen and oxygen atoms in total. The van der Waals surface area contributed by atoms with Gasteiger partial charge < -0.3 is 0 Å². The molecule has 4 heteroatoms. The van der Waals surface area contributed by atoms with Crippen molar-refractivity contribution in [1.29, 1.82) is 0 Å². The van der Waals surface area contributed by atoms with Crippen molar-refractivity contribution >= 4 is 15.9 Å². The van der Waals surface area contributed by atoms with E-state index in [-0.39, 0.29) is 11.9 Å². The smallest absolute Gasteiger partial charge is 0.126 e. The Morgan fingerprint density at radius 3 is 2.44 bits per heavy atom. The van der Waals surface area contributed by atoms with Crippen LogP contribution in [0.2, 0.25) is 0 Å². The third-order valence-electron chi connectivity index (χ3n) is 2.86. The molecule has 94 valence electrons. The molecule has 0 aliphatic carbocycles. The fourth-order valence-electron chi connectivity index (χ4n) is 1.90. The molecule has 0 aliphatic rings. The molecule has 0 aliphatic heterocycles. The third kappa shape index (κ3) is 2.96. The summed E-state index contributed by atoms with van der Waals surface area (Å²) in [7, 11) is 0. The number of hydrazine groups is 1. The number of hydrogen-bond donors (Lipinski definition) is 2. The molecule has 18 heavy (non-hydrogen) atoms. The zero-order chi connectivity index (χ0) is 13.0. The lowest BCUT2D eigenvalue weighted by Crippen LogP contribution is -2.30. The van der Waals surface area contributed by atoms with Gasteiger partial charge in [0.25, 0.3) is 0 Å². The Hall–Kier alpha value is -1.23. The normalized spacial score (nSPS) is 12.4. The van der Waals surface area contributed by atoms with E-state index in [0.717, 1.165) is 10.0 Å². The van der Waals surface area contributed by atoms with Crippen LogP contribution in [0.25, 0.3) is 0 Å². The van der Waals surface area contributed by atoms with Crippen molar-refractivity contribution in [1.82, 2.24) is 5.43 Å². The molecule has 0 heterocycles. The summed E-state index contributed by atoms with van der Waals surface area (Å²) in [4.78, 5) is 0. The molecule has 0 fully saturated rings. The summed E-state index contributed by atoms with van der Waals surface area (Å²) in [6.07, 6.45) is 0.506. The van der Waals surface area contributed by atoms with Gasteiger partial charge in [-0.15, -0.1) is 0 Å². The van der Waals surface area contributed by atoms with Crippen LogP contribution in [-0.4, -0.2) is 0 Å². The van der Waals surface area contributed by atoms with Crippen LogP contribution >= 0.6 is 15.9 Å². The number of benzene rings is 2. The summed E-state index contributed by atoms with van der Waals surface area (Å²) in [5.41, 5.74) is 4.40. The highest BCUT2D eigenvalue weighted by molar-refractivity contribution is 9.10. The minimum atomic E-state index is -0.204. The van der Waals surface area contributed by atoms with Gasteiger partial charge in [-0.05, 0) is 29.7 Å². The highest BCUT2D eigenvalue weighted by atomic mass is 79.9. The first kappa shape index (κ1) is 13.2. The molecule has 0 spiro atoms. The van der Waals surface area contributed by atoms with E-state index in [1.165, 1.54) is 6.07 Å². The van der Waals surface area contributed by atoms with Crippen molar-refractivity contribution in [2.24, 2.45) is 5.84 Å². The van der Waals surface area contributed by atoms with Gasteiger partial charge in [0.2, 0.25) is 0 Å². The lowest BCUT2D eigenvalue weighted by atomic mass is 9.99. The van der Waals surface area contributed by atoms with Crippen molar-refractivity contribution < 1.29 is 4.39 Å². The predicted molar refractivity (Wildman–Crippen MR) is 74.3 cm³/mol. The summed E-state index contributed by atoms with van der Waals surface area (Å²) < 4.78 is 14.6. The summed E-state index contributed by atoms with van der Waals surface area (Å²) in [6, 6.07) is 14.4. The Kier molecular flexibility index (Phi) is 4.47. The molecule has 1 atom stereocenters. The monoisotopic (exact) mass is 308 g/mol. The highest BCUT2D eigenvalue weighted by Gasteiger charge is 2.15. The van der Waals surface area contributed by atoms with Crippen LogP contribution < -0.4 is 11.3 Å². The second-order valence-electron chi connectivity index (χ2n) is 4.04. The highest BCUT2D eigenvalue weighted by Crippen LogP contribution is 2.26. The SMILES string of the molecule is NNC(Cc1ccccc1F)c1ccccc1Br. The van der Waals surface area contributed by atoms with Crippen LogP contribution in [0.5, 0.6) is 0 Å². The molecular weight excluding hydrogens is 295 g/mol. The fraction of sp³-hybridized carbons (Fsp3) is 0.143. The maximum absolute atomic E-state index is 13.6. The van der Waals surface area contributed by atoms with E-state index in [0.29, 0.717) is 12.0 Å². The van der Waals surface area contributed by atoms with Crippen LogP contribution in [-0.2, 0) is 6.42 Å². The lowest BCUT2D eigenvalue weighted by molar-refractivity contribution is 0.527. The number of halogens is 2. The average Bonchev–Trinajstić information content (AvgIpc) is 2.39. The molecule has 2 rings (SSSR count). The molecule has 0 bridgehead atoms. The molecule has 0 amide bonds. The quantitative estimate of drug-likeness (QED) is 0.671. The second-order valence-corrected chi connectivity index (χ2v) is 4.89. The first-order chi connectivity index (χ1) is 8.72. The molecule has 1 unspecified atom stereocenters. The molecule has 2 aromatic carbocycles. The average molecular weight is 309 g/mol. The van der Waals surface area contributed by atoms with E-state index in [9.17, 15) is 4.39 Å². The maximum atomic E-state index is 13.6. The number of rotatable bonds is 4. The number of nitrogens with two attached hydrogens (primary N) is 1. The minimum absolute atomic E-state index is 0.127. The second kappa shape index (κ2) is 6.09. The Morgan fingerprint density at radius 2 is 1.78 bits per heavy atom. The van der Waals surface area contributed by atoms with Gasteiger partial charge >= 0.3 is 0 Å². The van der Waals surface area contributed by atoms with Crippen LogP contribution in [0.4, 0.5) is 4.39 Å². The molecule has 0 radical (unpaired) electrons. The van der Waals surface area contributed by atoms with Crippen LogP contribution in [0.15, 0.2) is 53.0 Å². The minimum Gasteiger partial charge on any atom is -0.271 e. The van der Waals surface area contributed by atoms with Crippen LogP contribution in [0, 0.1) is 5.82 Å². The number of nitrogens with one attached hydrogen (secondary N) is 1. The standard InChI is InChI=1S/C14H14BrFN2/c15-12-7-3-2-6-11(12)14(18-17)9-10-5-1-4-8-13(10)16/h1-8,14,18H,9,17H2. The largest absolute Gasteiger partial charge is 0.271 e. The van der Waals surface area contributed by atoms with Crippen molar-refractivity contribution in [2.75, 3.05) is 0 Å². The van der Waals surface area contributed by atoms with Gasteiger partial charge in [0.15, 0.2) is 0 Å². The summed E-state index contributed by atoms with van der Waals surface area (Å²) >= 11 is 3.48. The fourth-order valence-corrected chi connectivity index (χ4v) is 2.46. The topological polar surface area (TPSA) is 38.0 Å². The van der Waals surface area contributed by atoms with Gasteiger partial charge in [-0.25, -0.2) is 4.39 Å². The Balaban J connectivity index is 2.26. The summed E-state index contributed by atoms with van der Waals surface area (Å²) in [5, 5.41) is 0. The van der Waals surface area contributed by atoms with E-state index in [4.69, 9.17) is 5.84 Å². The van der Waals surface area contributed by atoms with Crippen molar-refractivity contribution in [3.63, 3.8) is 0 Å². The van der Waals surface area contributed by atoms with Gasteiger partial charge in [-0.2, -0.15) is 0 Å². The van der Waals surface area contributed by atoms with E-state index in [2.05, 4.69) is 21.4 Å². The number of hydrogen-bond acceptors (Lipinski definition) is 2. The first-order valence-electron chi connectivity index (χ1n) is 5.66. The van der Waals surface area contributed by atoms with E-state index < -0.39 is 0 Å². The molecule has 3 N–H and O–H groups in total. The van der Waals surface area contributed by atoms with Crippen LogP contribution in [0.3, 0.4) is 0 Å². The van der Waals surface area contributed by atoms with E-state index >= 15 is 0 Å². The first-order valence-corrected chi connectivity index (χ1v) is 6.45. The van der Waals surface area contributed by atoms with Crippen molar-refractivity contribution in [3.8, 4) is 0 Å². The molecule has 0 saturated carbocycles. The molecular formula is C14H14BrFN2. The Labute approximate surface area is 114 Å². The predicted octanol–water partition coefficient (Wildman–Crippen LogP) is 3.34.